The zero-order valence-corrected chi connectivity index (χ0v) is 13.2. The van der Waals surface area contributed by atoms with Crippen molar-refractivity contribution in [3.63, 3.8) is 0 Å². The summed E-state index contributed by atoms with van der Waals surface area (Å²) >= 11 is 1.81. The first-order valence-corrected chi connectivity index (χ1v) is 8.24. The van der Waals surface area contributed by atoms with Gasteiger partial charge in [-0.05, 0) is 26.0 Å². The van der Waals surface area contributed by atoms with Crippen molar-refractivity contribution in [2.24, 2.45) is 5.84 Å². The topological polar surface area (TPSA) is 83.2 Å². The minimum absolute atomic E-state index is 0.351. The maximum absolute atomic E-state index is 5.48. The minimum atomic E-state index is 0.351. The Kier molecular flexibility index (Phi) is 5.24. The molecule has 0 aromatic carbocycles. The Morgan fingerprint density at radius 1 is 1.35 bits per heavy atom. The highest BCUT2D eigenvalue weighted by Crippen LogP contribution is 2.21. The Bertz CT molecular complexity index is 436. The molecule has 20 heavy (non-hydrogen) atoms. The third kappa shape index (κ3) is 3.43. The van der Waals surface area contributed by atoms with Crippen LogP contribution in [0.4, 0.5) is 17.8 Å². The van der Waals surface area contributed by atoms with Crippen LogP contribution in [0.3, 0.4) is 0 Å². The number of nitrogens with two attached hydrogens (primary N) is 1. The molecule has 0 spiro atoms. The second kappa shape index (κ2) is 6.94. The zero-order chi connectivity index (χ0) is 14.5. The van der Waals surface area contributed by atoms with Crippen molar-refractivity contribution in [2.75, 3.05) is 47.4 Å². The smallest absolute Gasteiger partial charge is 0.243 e. The van der Waals surface area contributed by atoms with Crippen molar-refractivity contribution in [1.82, 2.24) is 15.0 Å². The van der Waals surface area contributed by atoms with Crippen LogP contribution in [0, 0.1) is 0 Å². The highest BCUT2D eigenvalue weighted by atomic mass is 32.2. The van der Waals surface area contributed by atoms with Gasteiger partial charge in [0.1, 0.15) is 0 Å². The molecule has 1 saturated heterocycles. The van der Waals surface area contributed by atoms with Crippen LogP contribution >= 0.6 is 11.8 Å². The zero-order valence-electron chi connectivity index (χ0n) is 12.3. The van der Waals surface area contributed by atoms with E-state index in [2.05, 4.69) is 43.4 Å². The predicted octanol–water partition coefficient (Wildman–Crippen LogP) is 0.945. The van der Waals surface area contributed by atoms with Gasteiger partial charge in [0.2, 0.25) is 17.8 Å². The summed E-state index contributed by atoms with van der Waals surface area (Å²) in [6.07, 6.45) is 4.47. The van der Waals surface area contributed by atoms with Crippen LogP contribution in [0.1, 0.15) is 19.8 Å². The molecule has 0 amide bonds. The Morgan fingerprint density at radius 2 is 2.05 bits per heavy atom. The maximum atomic E-state index is 5.48. The van der Waals surface area contributed by atoms with Crippen LogP contribution < -0.4 is 21.1 Å². The molecule has 1 unspecified atom stereocenters. The Hall–Kier alpha value is -1.28. The molecule has 1 aliphatic heterocycles. The fourth-order valence-corrected chi connectivity index (χ4v) is 2.89. The molecule has 1 aromatic heterocycles. The predicted molar refractivity (Wildman–Crippen MR) is 85.3 cm³/mol. The molecule has 2 rings (SSSR count). The molecule has 1 aliphatic rings. The highest BCUT2D eigenvalue weighted by molar-refractivity contribution is 7.98. The van der Waals surface area contributed by atoms with Gasteiger partial charge in [0.25, 0.3) is 0 Å². The van der Waals surface area contributed by atoms with E-state index < -0.39 is 0 Å². The summed E-state index contributed by atoms with van der Waals surface area (Å²) in [6, 6.07) is 0.351. The van der Waals surface area contributed by atoms with Crippen molar-refractivity contribution in [2.45, 2.75) is 25.8 Å². The SMILES string of the molecule is CSCC(C)N(C)c1nc(NN)nc(N2CCCC2)n1. The third-order valence-electron chi connectivity index (χ3n) is 3.51. The van der Waals surface area contributed by atoms with Crippen LogP contribution in [0.5, 0.6) is 0 Å². The summed E-state index contributed by atoms with van der Waals surface area (Å²) in [7, 11) is 2.00. The molecule has 2 heterocycles. The second-order valence-electron chi connectivity index (χ2n) is 5.01. The normalized spacial score (nSPS) is 16.3. The lowest BCUT2D eigenvalue weighted by atomic mass is 10.3. The van der Waals surface area contributed by atoms with Crippen molar-refractivity contribution < 1.29 is 0 Å². The van der Waals surface area contributed by atoms with Crippen molar-refractivity contribution in [3.05, 3.63) is 0 Å². The molecular formula is C12H23N7S. The highest BCUT2D eigenvalue weighted by Gasteiger charge is 2.20. The van der Waals surface area contributed by atoms with Gasteiger partial charge in [0.15, 0.2) is 0 Å². The summed E-state index contributed by atoms with van der Waals surface area (Å²) in [5, 5.41) is 0. The molecular weight excluding hydrogens is 274 g/mol. The molecule has 1 fully saturated rings. The van der Waals surface area contributed by atoms with Gasteiger partial charge in [-0.2, -0.15) is 26.7 Å². The summed E-state index contributed by atoms with van der Waals surface area (Å²) in [5.74, 6) is 8.29. The average molecular weight is 297 g/mol. The van der Waals surface area contributed by atoms with Crippen LogP contribution in [-0.2, 0) is 0 Å². The van der Waals surface area contributed by atoms with Gasteiger partial charge in [-0.15, -0.1) is 0 Å². The monoisotopic (exact) mass is 297 g/mol. The van der Waals surface area contributed by atoms with Crippen LogP contribution in [0.25, 0.3) is 0 Å². The molecule has 1 atom stereocenters. The van der Waals surface area contributed by atoms with E-state index in [0.29, 0.717) is 23.9 Å². The van der Waals surface area contributed by atoms with E-state index in [1.165, 1.54) is 12.8 Å². The summed E-state index contributed by atoms with van der Waals surface area (Å²) in [6.45, 7) is 4.15. The van der Waals surface area contributed by atoms with Crippen LogP contribution in [0.15, 0.2) is 0 Å². The number of nitrogens with zero attached hydrogens (tertiary/aromatic N) is 5. The Labute approximate surface area is 124 Å². The van der Waals surface area contributed by atoms with Gasteiger partial charge in [0.05, 0.1) is 0 Å². The van der Waals surface area contributed by atoms with E-state index in [1.54, 1.807) is 0 Å². The Morgan fingerprint density at radius 3 is 2.65 bits per heavy atom. The number of aromatic nitrogens is 3. The molecule has 0 saturated carbocycles. The molecule has 7 nitrogen and oxygen atoms in total. The summed E-state index contributed by atoms with van der Waals surface area (Å²) in [4.78, 5) is 17.6. The lowest BCUT2D eigenvalue weighted by Gasteiger charge is -2.25. The molecule has 0 aliphatic carbocycles. The second-order valence-corrected chi connectivity index (χ2v) is 5.92. The first-order chi connectivity index (χ1) is 9.65. The number of hydrogen-bond donors (Lipinski definition) is 2. The third-order valence-corrected chi connectivity index (χ3v) is 4.33. The number of hydrazine groups is 1. The maximum Gasteiger partial charge on any atom is 0.243 e. The van der Waals surface area contributed by atoms with Crippen molar-refractivity contribution in [1.29, 1.82) is 0 Å². The lowest BCUT2D eigenvalue weighted by Crippen LogP contribution is -2.33. The summed E-state index contributed by atoms with van der Waals surface area (Å²) < 4.78 is 0. The molecule has 0 radical (unpaired) electrons. The van der Waals surface area contributed by atoms with Gasteiger partial charge in [0, 0.05) is 31.9 Å². The van der Waals surface area contributed by atoms with Crippen LogP contribution in [-0.4, -0.2) is 53.1 Å². The van der Waals surface area contributed by atoms with E-state index in [-0.39, 0.29) is 0 Å². The molecule has 1 aromatic rings. The number of hydrogen-bond acceptors (Lipinski definition) is 8. The number of nitrogen functional groups attached to an aromatic ring is 1. The van der Waals surface area contributed by atoms with Gasteiger partial charge < -0.3 is 9.80 Å². The molecule has 3 N–H and O–H groups in total. The summed E-state index contributed by atoms with van der Waals surface area (Å²) in [5.41, 5.74) is 2.54. The van der Waals surface area contributed by atoms with Gasteiger partial charge >= 0.3 is 0 Å². The lowest BCUT2D eigenvalue weighted by molar-refractivity contribution is 0.730. The minimum Gasteiger partial charge on any atom is -0.341 e. The van der Waals surface area contributed by atoms with E-state index >= 15 is 0 Å². The fourth-order valence-electron chi connectivity index (χ4n) is 2.18. The quantitative estimate of drug-likeness (QED) is 0.593. The van der Waals surface area contributed by atoms with E-state index in [4.69, 9.17) is 5.84 Å². The number of nitrogens with one attached hydrogen (secondary N) is 1. The number of rotatable bonds is 6. The number of thioether (sulfide) groups is 1. The van der Waals surface area contributed by atoms with E-state index in [9.17, 15) is 0 Å². The molecule has 112 valence electrons. The molecule has 8 heteroatoms. The van der Waals surface area contributed by atoms with Gasteiger partial charge in [-0.1, -0.05) is 0 Å². The first kappa shape index (κ1) is 15.1. The fraction of sp³-hybridized carbons (Fsp3) is 0.750. The van der Waals surface area contributed by atoms with E-state index in [0.717, 1.165) is 18.8 Å². The standard InChI is InChI=1S/C12H23N7S/c1-9(8-20-3)18(2)11-14-10(17-13)15-12(16-11)19-6-4-5-7-19/h9H,4-8,13H2,1-3H3,(H,14,15,16,17). The van der Waals surface area contributed by atoms with Crippen molar-refractivity contribution in [3.8, 4) is 0 Å². The number of anilines is 3. The Balaban J connectivity index is 2.25. The van der Waals surface area contributed by atoms with Crippen LogP contribution in [0.2, 0.25) is 0 Å². The molecule has 0 bridgehead atoms. The van der Waals surface area contributed by atoms with Gasteiger partial charge in [-0.3, -0.25) is 5.43 Å². The first-order valence-electron chi connectivity index (χ1n) is 6.85. The largest absolute Gasteiger partial charge is 0.341 e. The van der Waals surface area contributed by atoms with E-state index in [1.807, 2.05) is 18.8 Å². The van der Waals surface area contributed by atoms with Crippen molar-refractivity contribution >= 4 is 29.6 Å². The van der Waals surface area contributed by atoms with Gasteiger partial charge in [-0.25, -0.2) is 5.84 Å². The average Bonchev–Trinajstić information content (AvgIpc) is 3.00.